The molecule has 1 aliphatic heterocycles. The Bertz CT molecular complexity index is 1120. The predicted octanol–water partition coefficient (Wildman–Crippen LogP) is 0.821. The number of alkyl halides is 3. The van der Waals surface area contributed by atoms with E-state index in [4.69, 9.17) is 0 Å². The Morgan fingerprint density at radius 2 is 1.83 bits per heavy atom. The van der Waals surface area contributed by atoms with E-state index in [1.54, 1.807) is 35.6 Å². The average molecular weight is 408 g/mol. The highest BCUT2D eigenvalue weighted by molar-refractivity contribution is 6.07. The molecule has 2 aromatic rings. The summed E-state index contributed by atoms with van der Waals surface area (Å²) < 4.78 is 43.2. The van der Waals surface area contributed by atoms with Crippen LogP contribution in [0.3, 0.4) is 0 Å². The molecule has 1 fully saturated rings. The van der Waals surface area contributed by atoms with Crippen molar-refractivity contribution >= 4 is 17.6 Å². The van der Waals surface area contributed by atoms with Crippen LogP contribution in [-0.2, 0) is 21.7 Å². The van der Waals surface area contributed by atoms with Crippen LogP contribution in [0, 0.1) is 5.92 Å². The third-order valence-corrected chi connectivity index (χ3v) is 5.01. The molecular formula is C18H15F3N4O4. The van der Waals surface area contributed by atoms with Gasteiger partial charge in [-0.3, -0.25) is 23.9 Å². The van der Waals surface area contributed by atoms with Crippen LogP contribution >= 0.6 is 0 Å². The van der Waals surface area contributed by atoms with E-state index in [1.165, 1.54) is 0 Å². The highest BCUT2D eigenvalue weighted by atomic mass is 19.4. The van der Waals surface area contributed by atoms with Crippen LogP contribution in [0.1, 0.15) is 24.0 Å². The number of hydrogen-bond acceptors (Lipinski definition) is 4. The molecule has 1 unspecified atom stereocenters. The lowest BCUT2D eigenvalue weighted by Gasteiger charge is -2.30. The number of anilines is 1. The van der Waals surface area contributed by atoms with Crippen LogP contribution in [0.2, 0.25) is 0 Å². The van der Waals surface area contributed by atoms with Gasteiger partial charge in [0.2, 0.25) is 11.4 Å². The first-order valence-corrected chi connectivity index (χ1v) is 8.77. The number of nitrogens with zero attached hydrogens (tertiary/aromatic N) is 1. The van der Waals surface area contributed by atoms with Crippen molar-refractivity contribution in [1.82, 2.24) is 14.9 Å². The van der Waals surface area contributed by atoms with Gasteiger partial charge in [-0.25, -0.2) is 4.79 Å². The highest BCUT2D eigenvalue weighted by Crippen LogP contribution is 2.45. The number of rotatable bonds is 4. The summed E-state index contributed by atoms with van der Waals surface area (Å²) in [5, 5.41) is 3.74. The summed E-state index contributed by atoms with van der Waals surface area (Å²) in [4.78, 5) is 51.2. The second-order valence-corrected chi connectivity index (χ2v) is 7.02. The smallest absolute Gasteiger partial charge is 0.330 e. The van der Waals surface area contributed by atoms with E-state index >= 15 is 0 Å². The van der Waals surface area contributed by atoms with Gasteiger partial charge in [0.05, 0.1) is 6.54 Å². The van der Waals surface area contributed by atoms with Gasteiger partial charge in [-0.15, -0.1) is 0 Å². The first-order chi connectivity index (χ1) is 13.6. The summed E-state index contributed by atoms with van der Waals surface area (Å²) in [6, 6.07) is 8.31. The van der Waals surface area contributed by atoms with Gasteiger partial charge in [-0.1, -0.05) is 30.3 Å². The molecule has 1 atom stereocenters. The number of aromatic nitrogens is 2. The molecule has 0 radical (unpaired) electrons. The molecule has 0 saturated heterocycles. The Morgan fingerprint density at radius 3 is 2.41 bits per heavy atom. The standard InChI is InChI=1S/C18H15F3N4O4/c19-18(20,21)17(24-13(26)10-6-7-10)11-12(22-15(17)28)25(16(29)23-14(11)27)8-9-4-2-1-3-5-9/h1-5,10H,6-8H2,(H,22,28)(H,24,26)(H,23,27,29). The maximum Gasteiger partial charge on any atom is 0.425 e. The summed E-state index contributed by atoms with van der Waals surface area (Å²) in [6.45, 7) is -0.191. The van der Waals surface area contributed by atoms with Crippen LogP contribution in [-0.4, -0.2) is 27.5 Å². The number of fused-ring (bicyclic) bond motifs is 1. The molecule has 2 heterocycles. The number of benzene rings is 1. The number of nitrogens with one attached hydrogen (secondary N) is 3. The molecule has 2 aliphatic rings. The summed E-state index contributed by atoms with van der Waals surface area (Å²) in [7, 11) is 0. The monoisotopic (exact) mass is 408 g/mol. The van der Waals surface area contributed by atoms with Gasteiger partial charge >= 0.3 is 11.9 Å². The Labute approximate surface area is 160 Å². The van der Waals surface area contributed by atoms with Gasteiger partial charge in [0, 0.05) is 5.92 Å². The average Bonchev–Trinajstić information content (AvgIpc) is 3.44. The van der Waals surface area contributed by atoms with E-state index in [1.807, 2.05) is 10.3 Å². The lowest BCUT2D eigenvalue weighted by molar-refractivity contribution is -0.201. The van der Waals surface area contributed by atoms with Gasteiger partial charge in [0.15, 0.2) is 0 Å². The molecule has 0 bridgehead atoms. The second kappa shape index (κ2) is 6.33. The van der Waals surface area contributed by atoms with E-state index in [2.05, 4.69) is 0 Å². The fraction of sp³-hybridized carbons (Fsp3) is 0.333. The van der Waals surface area contributed by atoms with E-state index in [9.17, 15) is 32.3 Å². The van der Waals surface area contributed by atoms with Crippen molar-refractivity contribution in [3.63, 3.8) is 0 Å². The molecule has 152 valence electrons. The summed E-state index contributed by atoms with van der Waals surface area (Å²) in [6.07, 6.45) is -4.51. The molecule has 1 aromatic heterocycles. The van der Waals surface area contributed by atoms with Crippen LogP contribution < -0.4 is 21.9 Å². The molecule has 11 heteroatoms. The molecule has 1 aliphatic carbocycles. The zero-order valence-corrected chi connectivity index (χ0v) is 14.8. The zero-order valence-electron chi connectivity index (χ0n) is 14.8. The Hall–Kier alpha value is -3.37. The van der Waals surface area contributed by atoms with Crippen molar-refractivity contribution < 1.29 is 22.8 Å². The molecule has 0 spiro atoms. The number of carbonyl (C=O) groups excluding carboxylic acids is 2. The first-order valence-electron chi connectivity index (χ1n) is 8.77. The summed E-state index contributed by atoms with van der Waals surface area (Å²) in [5.74, 6) is -3.82. The van der Waals surface area contributed by atoms with Gasteiger partial charge in [-0.2, -0.15) is 13.2 Å². The van der Waals surface area contributed by atoms with E-state index in [0.29, 0.717) is 18.4 Å². The van der Waals surface area contributed by atoms with Crippen molar-refractivity contribution in [2.24, 2.45) is 5.92 Å². The highest BCUT2D eigenvalue weighted by Gasteiger charge is 2.68. The minimum absolute atomic E-state index is 0.191. The minimum Gasteiger partial charge on any atom is -0.330 e. The fourth-order valence-electron chi connectivity index (χ4n) is 3.37. The molecule has 3 N–H and O–H groups in total. The molecule has 4 rings (SSSR count). The topological polar surface area (TPSA) is 113 Å². The number of hydrogen-bond donors (Lipinski definition) is 3. The first kappa shape index (κ1) is 19.0. The quantitative estimate of drug-likeness (QED) is 0.695. The Kier molecular flexibility index (Phi) is 4.14. The van der Waals surface area contributed by atoms with Crippen molar-refractivity contribution in [2.75, 3.05) is 5.32 Å². The molecule has 29 heavy (non-hydrogen) atoms. The maximum absolute atomic E-state index is 14.1. The molecule has 1 saturated carbocycles. The van der Waals surface area contributed by atoms with Gasteiger partial charge < -0.3 is 10.6 Å². The minimum atomic E-state index is -5.31. The van der Waals surface area contributed by atoms with Gasteiger partial charge in [0.25, 0.3) is 11.5 Å². The third kappa shape index (κ3) is 2.93. The van der Waals surface area contributed by atoms with E-state index in [-0.39, 0.29) is 6.54 Å². The Morgan fingerprint density at radius 1 is 1.17 bits per heavy atom. The van der Waals surface area contributed by atoms with Crippen LogP contribution in [0.5, 0.6) is 0 Å². The summed E-state index contributed by atoms with van der Waals surface area (Å²) in [5.41, 5.74) is -6.42. The molecule has 2 amide bonds. The zero-order chi connectivity index (χ0) is 21.0. The Balaban J connectivity index is 1.92. The van der Waals surface area contributed by atoms with Crippen molar-refractivity contribution in [1.29, 1.82) is 0 Å². The van der Waals surface area contributed by atoms with Crippen LogP contribution in [0.25, 0.3) is 0 Å². The van der Waals surface area contributed by atoms with Crippen molar-refractivity contribution in [3.05, 3.63) is 62.3 Å². The molecule has 8 nitrogen and oxygen atoms in total. The van der Waals surface area contributed by atoms with Crippen LogP contribution in [0.15, 0.2) is 39.9 Å². The van der Waals surface area contributed by atoms with Crippen LogP contribution in [0.4, 0.5) is 19.0 Å². The van der Waals surface area contributed by atoms with Gasteiger partial charge in [-0.05, 0) is 18.4 Å². The van der Waals surface area contributed by atoms with Crippen molar-refractivity contribution in [2.45, 2.75) is 31.1 Å². The van der Waals surface area contributed by atoms with Gasteiger partial charge in [0.1, 0.15) is 11.4 Å². The van der Waals surface area contributed by atoms with E-state index in [0.717, 1.165) is 4.57 Å². The SMILES string of the molecule is O=C(NC1(C(F)(F)F)C(=O)Nc2c1c(=O)[nH]c(=O)n2Cc1ccccc1)C1CC1. The maximum atomic E-state index is 14.1. The molecular weight excluding hydrogens is 393 g/mol. The van der Waals surface area contributed by atoms with Crippen molar-refractivity contribution in [3.8, 4) is 0 Å². The summed E-state index contributed by atoms with van der Waals surface area (Å²) >= 11 is 0. The lowest BCUT2D eigenvalue weighted by atomic mass is 9.91. The lowest BCUT2D eigenvalue weighted by Crippen LogP contribution is -2.62. The number of halogens is 3. The third-order valence-electron chi connectivity index (χ3n) is 5.01. The molecule has 1 aromatic carbocycles. The number of carbonyl (C=O) groups is 2. The number of H-pyrrole nitrogens is 1. The predicted molar refractivity (Wildman–Crippen MR) is 94.1 cm³/mol. The normalized spacial score (nSPS) is 20.9. The fourth-order valence-corrected chi connectivity index (χ4v) is 3.37. The largest absolute Gasteiger partial charge is 0.425 e. The number of aromatic amines is 1. The second-order valence-electron chi connectivity index (χ2n) is 7.02. The number of amides is 2. The van der Waals surface area contributed by atoms with E-state index < -0.39 is 52.1 Å².